The standard InChI is InChI=1S/C22H37N5O.HI/c1-5-23-22(26-20-11-16(2)10-17(3)12-20)25-14-19-6-7-24-21(13-19)27-8-9-28-18(4)15-27;/h6-7,13,16-18,20H,5,8-12,14-15H2,1-4H3,(H2,23,25,26);1H. The molecule has 3 atom stereocenters. The monoisotopic (exact) mass is 515 g/mol. The molecule has 3 rings (SSSR count). The number of aromatic nitrogens is 1. The van der Waals surface area contributed by atoms with Crippen LogP contribution in [0.15, 0.2) is 23.3 Å². The molecule has 6 nitrogen and oxygen atoms in total. The molecule has 1 aromatic heterocycles. The lowest BCUT2D eigenvalue weighted by atomic mass is 9.80. The predicted octanol–water partition coefficient (Wildman–Crippen LogP) is 3.80. The Morgan fingerprint density at radius 3 is 2.69 bits per heavy atom. The zero-order valence-electron chi connectivity index (χ0n) is 18.4. The van der Waals surface area contributed by atoms with Crippen LogP contribution in [0.2, 0.25) is 0 Å². The average Bonchev–Trinajstić information content (AvgIpc) is 2.66. The molecule has 0 aromatic carbocycles. The van der Waals surface area contributed by atoms with Crippen molar-refractivity contribution in [3.05, 3.63) is 23.9 Å². The molecule has 0 spiro atoms. The van der Waals surface area contributed by atoms with Crippen molar-refractivity contribution in [1.29, 1.82) is 0 Å². The molecule has 1 aromatic rings. The first-order valence-corrected chi connectivity index (χ1v) is 10.9. The van der Waals surface area contributed by atoms with Gasteiger partial charge in [0.15, 0.2) is 5.96 Å². The van der Waals surface area contributed by atoms with Crippen LogP contribution in [-0.4, -0.2) is 49.3 Å². The normalized spacial score (nSPS) is 27.9. The van der Waals surface area contributed by atoms with E-state index < -0.39 is 0 Å². The lowest BCUT2D eigenvalue weighted by Gasteiger charge is -2.33. The number of nitrogens with zero attached hydrogens (tertiary/aromatic N) is 3. The summed E-state index contributed by atoms with van der Waals surface area (Å²) in [7, 11) is 0. The van der Waals surface area contributed by atoms with Gasteiger partial charge in [0.05, 0.1) is 19.3 Å². The summed E-state index contributed by atoms with van der Waals surface area (Å²) >= 11 is 0. The molecule has 2 N–H and O–H groups in total. The van der Waals surface area contributed by atoms with E-state index in [-0.39, 0.29) is 30.1 Å². The topological polar surface area (TPSA) is 61.8 Å². The number of morpholine rings is 1. The van der Waals surface area contributed by atoms with Gasteiger partial charge in [-0.25, -0.2) is 9.98 Å². The molecule has 29 heavy (non-hydrogen) atoms. The van der Waals surface area contributed by atoms with Gasteiger partial charge in [0, 0.05) is 31.9 Å². The van der Waals surface area contributed by atoms with E-state index >= 15 is 0 Å². The molecule has 1 aliphatic carbocycles. The number of hydrogen-bond donors (Lipinski definition) is 2. The summed E-state index contributed by atoms with van der Waals surface area (Å²) in [6.07, 6.45) is 5.94. The van der Waals surface area contributed by atoms with E-state index in [1.54, 1.807) is 0 Å². The lowest BCUT2D eigenvalue weighted by Crippen LogP contribution is -2.46. The molecule has 164 valence electrons. The number of pyridine rings is 1. The van der Waals surface area contributed by atoms with Gasteiger partial charge >= 0.3 is 0 Å². The fraction of sp³-hybridized carbons (Fsp3) is 0.727. The van der Waals surface area contributed by atoms with Gasteiger partial charge in [-0.05, 0) is 62.6 Å². The fourth-order valence-electron chi connectivity index (χ4n) is 4.51. The van der Waals surface area contributed by atoms with Gasteiger partial charge < -0.3 is 20.3 Å². The van der Waals surface area contributed by atoms with Crippen molar-refractivity contribution in [2.75, 3.05) is 31.1 Å². The zero-order chi connectivity index (χ0) is 19.9. The van der Waals surface area contributed by atoms with Crippen LogP contribution in [0.5, 0.6) is 0 Å². The van der Waals surface area contributed by atoms with Gasteiger partial charge in [-0.1, -0.05) is 13.8 Å². The van der Waals surface area contributed by atoms with Crippen molar-refractivity contribution in [2.24, 2.45) is 16.8 Å². The first kappa shape index (κ1) is 24.2. The molecular formula is C22H38IN5O. The number of halogens is 1. The van der Waals surface area contributed by atoms with Crippen molar-refractivity contribution >= 4 is 35.8 Å². The van der Waals surface area contributed by atoms with E-state index in [9.17, 15) is 0 Å². The quantitative estimate of drug-likeness (QED) is 0.355. The fourth-order valence-corrected chi connectivity index (χ4v) is 4.51. The highest BCUT2D eigenvalue weighted by Gasteiger charge is 2.24. The van der Waals surface area contributed by atoms with Crippen LogP contribution >= 0.6 is 24.0 Å². The number of anilines is 1. The summed E-state index contributed by atoms with van der Waals surface area (Å²) in [5.74, 6) is 3.51. The van der Waals surface area contributed by atoms with Gasteiger partial charge in [0.2, 0.25) is 0 Å². The molecule has 7 heteroatoms. The summed E-state index contributed by atoms with van der Waals surface area (Å²) in [5, 5.41) is 7.08. The number of nitrogens with one attached hydrogen (secondary N) is 2. The zero-order valence-corrected chi connectivity index (χ0v) is 20.7. The van der Waals surface area contributed by atoms with Crippen LogP contribution in [0.1, 0.15) is 52.5 Å². The van der Waals surface area contributed by atoms with E-state index in [4.69, 9.17) is 9.73 Å². The maximum absolute atomic E-state index is 5.64. The molecule has 2 aliphatic rings. The van der Waals surface area contributed by atoms with Gasteiger partial charge in [0.1, 0.15) is 5.82 Å². The Kier molecular flexibility index (Phi) is 9.95. The maximum atomic E-state index is 5.64. The van der Waals surface area contributed by atoms with E-state index in [1.807, 2.05) is 6.20 Å². The van der Waals surface area contributed by atoms with Crippen molar-refractivity contribution < 1.29 is 4.74 Å². The van der Waals surface area contributed by atoms with Crippen molar-refractivity contribution in [3.8, 4) is 0 Å². The van der Waals surface area contributed by atoms with Gasteiger partial charge in [-0.15, -0.1) is 24.0 Å². The molecule has 0 radical (unpaired) electrons. The molecule has 1 saturated heterocycles. The highest BCUT2D eigenvalue weighted by atomic mass is 127. The van der Waals surface area contributed by atoms with Crippen molar-refractivity contribution in [3.63, 3.8) is 0 Å². The van der Waals surface area contributed by atoms with Crippen LogP contribution in [0.4, 0.5) is 5.82 Å². The molecule has 3 unspecified atom stereocenters. The summed E-state index contributed by atoms with van der Waals surface area (Å²) in [4.78, 5) is 11.7. The van der Waals surface area contributed by atoms with Gasteiger partial charge in [-0.3, -0.25) is 0 Å². The summed E-state index contributed by atoms with van der Waals surface area (Å²) < 4.78 is 5.64. The number of hydrogen-bond acceptors (Lipinski definition) is 4. The maximum Gasteiger partial charge on any atom is 0.191 e. The third-order valence-electron chi connectivity index (χ3n) is 5.66. The third-order valence-corrected chi connectivity index (χ3v) is 5.66. The minimum atomic E-state index is 0. The van der Waals surface area contributed by atoms with Crippen LogP contribution < -0.4 is 15.5 Å². The Bertz CT molecular complexity index is 646. The largest absolute Gasteiger partial charge is 0.375 e. The lowest BCUT2D eigenvalue weighted by molar-refractivity contribution is 0.0529. The number of ether oxygens (including phenoxy) is 1. The van der Waals surface area contributed by atoms with Crippen molar-refractivity contribution in [2.45, 2.75) is 65.6 Å². The molecule has 1 saturated carbocycles. The SMILES string of the molecule is CCNC(=NCc1ccnc(N2CCOC(C)C2)c1)NC1CC(C)CC(C)C1.I. The Morgan fingerprint density at radius 2 is 2.00 bits per heavy atom. The smallest absolute Gasteiger partial charge is 0.191 e. The first-order valence-electron chi connectivity index (χ1n) is 10.9. The van der Waals surface area contributed by atoms with E-state index in [0.717, 1.165) is 49.9 Å². The minimum Gasteiger partial charge on any atom is -0.375 e. The van der Waals surface area contributed by atoms with E-state index in [1.165, 1.54) is 24.8 Å². The van der Waals surface area contributed by atoms with Crippen molar-refractivity contribution in [1.82, 2.24) is 15.6 Å². The predicted molar refractivity (Wildman–Crippen MR) is 131 cm³/mol. The molecule has 2 heterocycles. The van der Waals surface area contributed by atoms with Crippen LogP contribution in [0, 0.1) is 11.8 Å². The number of rotatable bonds is 5. The molecule has 2 fully saturated rings. The summed E-state index contributed by atoms with van der Waals surface area (Å²) in [5.41, 5.74) is 1.19. The minimum absolute atomic E-state index is 0. The number of guanidine groups is 1. The number of aliphatic imine (C=N–C) groups is 1. The average molecular weight is 515 g/mol. The van der Waals surface area contributed by atoms with Gasteiger partial charge in [-0.2, -0.15) is 0 Å². The Hall–Kier alpha value is -1.09. The molecule has 0 amide bonds. The van der Waals surface area contributed by atoms with Crippen LogP contribution in [0.3, 0.4) is 0 Å². The first-order chi connectivity index (χ1) is 13.5. The second-order valence-electron chi connectivity index (χ2n) is 8.60. The molecule has 0 bridgehead atoms. The second kappa shape index (κ2) is 11.9. The Morgan fingerprint density at radius 1 is 1.24 bits per heavy atom. The van der Waals surface area contributed by atoms with E-state index in [2.05, 4.69) is 60.3 Å². The third kappa shape index (κ3) is 7.59. The molecular weight excluding hydrogens is 477 g/mol. The summed E-state index contributed by atoms with van der Waals surface area (Å²) in [6.45, 7) is 13.0. The van der Waals surface area contributed by atoms with E-state index in [0.29, 0.717) is 12.6 Å². The molecule has 1 aliphatic heterocycles. The van der Waals surface area contributed by atoms with Crippen LogP contribution in [-0.2, 0) is 11.3 Å². The Balaban J connectivity index is 0.00000300. The highest BCUT2D eigenvalue weighted by molar-refractivity contribution is 14.0. The van der Waals surface area contributed by atoms with Gasteiger partial charge in [0.25, 0.3) is 0 Å². The second-order valence-corrected chi connectivity index (χ2v) is 8.60. The highest BCUT2D eigenvalue weighted by Crippen LogP contribution is 2.28. The summed E-state index contributed by atoms with van der Waals surface area (Å²) in [6, 6.07) is 4.74. The Labute approximate surface area is 193 Å². The van der Waals surface area contributed by atoms with Crippen LogP contribution in [0.25, 0.3) is 0 Å².